The van der Waals surface area contributed by atoms with Crippen LogP contribution in [0.3, 0.4) is 0 Å². The van der Waals surface area contributed by atoms with Crippen LogP contribution in [0, 0.1) is 17.5 Å². The second kappa shape index (κ2) is 8.81. The Kier molecular flexibility index (Phi) is 6.45. The second-order valence-electron chi connectivity index (χ2n) is 6.67. The number of hydrogen-bond acceptors (Lipinski definition) is 4. The molecule has 1 N–H and O–H groups in total. The van der Waals surface area contributed by atoms with Crippen LogP contribution in [0.15, 0.2) is 35.1 Å². The number of benzene rings is 2. The third kappa shape index (κ3) is 4.82. The highest BCUT2D eigenvalue weighted by Crippen LogP contribution is 2.31. The van der Waals surface area contributed by atoms with E-state index < -0.39 is 64.0 Å². The van der Waals surface area contributed by atoms with Crippen LogP contribution in [0.25, 0.3) is 5.69 Å². The van der Waals surface area contributed by atoms with Crippen LogP contribution >= 0.6 is 11.6 Å². The molecule has 0 unspecified atom stereocenters. The number of anilines is 1. The van der Waals surface area contributed by atoms with E-state index >= 15 is 0 Å². The summed E-state index contributed by atoms with van der Waals surface area (Å²) >= 11 is 5.72. The molecule has 33 heavy (non-hydrogen) atoms. The van der Waals surface area contributed by atoms with Crippen LogP contribution < -0.4 is 15.7 Å². The van der Waals surface area contributed by atoms with Gasteiger partial charge in [-0.05, 0) is 36.7 Å². The maximum Gasteiger partial charge on any atom is 0.425 e. The van der Waals surface area contributed by atoms with Crippen molar-refractivity contribution in [1.29, 1.82) is 0 Å². The predicted octanol–water partition coefficient (Wildman–Crippen LogP) is 4.22. The molecular weight excluding hydrogens is 482 g/mol. The summed E-state index contributed by atoms with van der Waals surface area (Å²) in [5.41, 5.74) is -3.36. The highest BCUT2D eigenvalue weighted by Gasteiger charge is 2.39. The van der Waals surface area contributed by atoms with E-state index in [0.717, 1.165) is 22.8 Å². The van der Waals surface area contributed by atoms with Crippen molar-refractivity contribution in [3.05, 3.63) is 69.1 Å². The van der Waals surface area contributed by atoms with E-state index in [1.807, 2.05) is 5.32 Å². The van der Waals surface area contributed by atoms with Crippen molar-refractivity contribution in [2.45, 2.75) is 19.2 Å². The van der Waals surface area contributed by atoms with Crippen LogP contribution in [-0.4, -0.2) is 32.5 Å². The van der Waals surface area contributed by atoms with E-state index in [1.165, 1.54) is 7.05 Å². The zero-order chi connectivity index (χ0) is 24.7. The lowest BCUT2D eigenvalue weighted by Crippen LogP contribution is -2.32. The minimum Gasteiger partial charge on any atom is -0.480 e. The van der Waals surface area contributed by atoms with Gasteiger partial charge in [-0.1, -0.05) is 6.07 Å². The van der Waals surface area contributed by atoms with E-state index in [0.29, 0.717) is 23.7 Å². The summed E-state index contributed by atoms with van der Waals surface area (Å²) < 4.78 is 87.8. The first-order valence-corrected chi connectivity index (χ1v) is 9.33. The molecule has 0 radical (unpaired) electrons. The topological polar surface area (TPSA) is 78.2 Å². The first-order chi connectivity index (χ1) is 15.3. The Labute approximate surface area is 186 Å². The summed E-state index contributed by atoms with van der Waals surface area (Å²) in [7, 11) is 1.21. The number of nitrogens with zero attached hydrogens (tertiary/aromatic N) is 3. The van der Waals surface area contributed by atoms with Gasteiger partial charge in [0.15, 0.2) is 6.10 Å². The van der Waals surface area contributed by atoms with Crippen molar-refractivity contribution in [2.75, 3.05) is 5.32 Å². The molecule has 0 aliphatic heterocycles. The van der Waals surface area contributed by atoms with Gasteiger partial charge in [0.1, 0.15) is 34.6 Å². The quantitative estimate of drug-likeness (QED) is 0.539. The SMILES string of the molecule is C[C@H](Oc1cc(-n2nc(Cl)n(C)c2=O)c(F)cc1C(=O)Nc1c(F)cccc1F)C(F)(F)F. The van der Waals surface area contributed by atoms with Crippen LogP contribution in [0.1, 0.15) is 17.3 Å². The molecular formula is C19H13ClF6N4O3. The van der Waals surface area contributed by atoms with Crippen molar-refractivity contribution in [3.8, 4) is 11.4 Å². The van der Waals surface area contributed by atoms with Crippen molar-refractivity contribution in [2.24, 2.45) is 7.05 Å². The fourth-order valence-corrected chi connectivity index (χ4v) is 2.75. The van der Waals surface area contributed by atoms with Gasteiger partial charge in [0, 0.05) is 13.1 Å². The van der Waals surface area contributed by atoms with Crippen LogP contribution in [-0.2, 0) is 7.05 Å². The van der Waals surface area contributed by atoms with E-state index in [1.54, 1.807) is 0 Å². The maximum absolute atomic E-state index is 14.8. The van der Waals surface area contributed by atoms with Gasteiger partial charge in [0.2, 0.25) is 5.28 Å². The molecule has 7 nitrogen and oxygen atoms in total. The second-order valence-corrected chi connectivity index (χ2v) is 7.01. The van der Waals surface area contributed by atoms with Gasteiger partial charge in [-0.2, -0.15) is 17.9 Å². The van der Waals surface area contributed by atoms with Crippen molar-refractivity contribution >= 4 is 23.2 Å². The summed E-state index contributed by atoms with van der Waals surface area (Å²) in [6, 6.07) is 3.72. The monoisotopic (exact) mass is 494 g/mol. The molecule has 1 aromatic heterocycles. The number of aromatic nitrogens is 3. The Morgan fingerprint density at radius 1 is 1.15 bits per heavy atom. The van der Waals surface area contributed by atoms with E-state index in [9.17, 15) is 35.9 Å². The number of ether oxygens (including phenoxy) is 1. The van der Waals surface area contributed by atoms with Crippen molar-refractivity contribution < 1.29 is 35.9 Å². The largest absolute Gasteiger partial charge is 0.480 e. The number of nitrogens with one attached hydrogen (secondary N) is 1. The fourth-order valence-electron chi connectivity index (χ4n) is 2.61. The number of rotatable bonds is 5. The highest BCUT2D eigenvalue weighted by atomic mass is 35.5. The van der Waals surface area contributed by atoms with Crippen LogP contribution in [0.5, 0.6) is 5.75 Å². The first-order valence-electron chi connectivity index (χ1n) is 8.95. The van der Waals surface area contributed by atoms with Crippen molar-refractivity contribution in [3.63, 3.8) is 0 Å². The number of para-hydroxylation sites is 1. The molecule has 176 valence electrons. The van der Waals surface area contributed by atoms with Gasteiger partial charge in [-0.3, -0.25) is 9.36 Å². The fraction of sp³-hybridized carbons (Fsp3) is 0.211. The summed E-state index contributed by atoms with van der Waals surface area (Å²) in [5.74, 6) is -5.85. The average molecular weight is 495 g/mol. The normalized spacial score (nSPS) is 12.5. The molecule has 2 aromatic carbocycles. The summed E-state index contributed by atoms with van der Waals surface area (Å²) in [5, 5.41) is 5.06. The number of carbonyl (C=O) groups excluding carboxylic acids is 1. The molecule has 3 aromatic rings. The Hall–Kier alpha value is -3.48. The molecule has 1 atom stereocenters. The molecule has 0 bridgehead atoms. The van der Waals surface area contributed by atoms with Gasteiger partial charge < -0.3 is 10.1 Å². The van der Waals surface area contributed by atoms with Gasteiger partial charge in [-0.15, -0.1) is 5.10 Å². The van der Waals surface area contributed by atoms with Crippen LogP contribution in [0.2, 0.25) is 5.28 Å². The Morgan fingerprint density at radius 2 is 1.76 bits per heavy atom. The van der Waals surface area contributed by atoms with Gasteiger partial charge in [0.05, 0.1) is 5.56 Å². The highest BCUT2D eigenvalue weighted by molar-refractivity contribution is 6.28. The lowest BCUT2D eigenvalue weighted by molar-refractivity contribution is -0.189. The van der Waals surface area contributed by atoms with Gasteiger partial charge in [0.25, 0.3) is 5.91 Å². The third-order valence-corrected chi connectivity index (χ3v) is 4.74. The lowest BCUT2D eigenvalue weighted by atomic mass is 10.1. The minimum atomic E-state index is -4.88. The van der Waals surface area contributed by atoms with Gasteiger partial charge >= 0.3 is 11.9 Å². The lowest BCUT2D eigenvalue weighted by Gasteiger charge is -2.20. The zero-order valence-electron chi connectivity index (χ0n) is 16.7. The summed E-state index contributed by atoms with van der Waals surface area (Å²) in [4.78, 5) is 24.8. The Bertz CT molecular complexity index is 1270. The Morgan fingerprint density at radius 3 is 2.27 bits per heavy atom. The summed E-state index contributed by atoms with van der Waals surface area (Å²) in [6.07, 6.45) is -7.36. The molecule has 0 saturated carbocycles. The summed E-state index contributed by atoms with van der Waals surface area (Å²) in [6.45, 7) is 0.616. The molecule has 14 heteroatoms. The van der Waals surface area contributed by atoms with E-state index in [4.69, 9.17) is 16.3 Å². The zero-order valence-corrected chi connectivity index (χ0v) is 17.4. The smallest absolute Gasteiger partial charge is 0.425 e. The van der Waals surface area contributed by atoms with Crippen LogP contribution in [0.4, 0.5) is 32.0 Å². The number of hydrogen-bond donors (Lipinski definition) is 1. The number of alkyl halides is 3. The minimum absolute atomic E-state index is 0.359. The molecule has 0 fully saturated rings. The van der Waals surface area contributed by atoms with Gasteiger partial charge in [-0.25, -0.2) is 18.0 Å². The standard InChI is InChI=1S/C19H13ClF6N4O3/c1-8(19(24,25)26)33-14-7-13(30-18(32)29(2)17(20)28-30)12(23)6-9(14)16(31)27-15-10(21)4-3-5-11(15)22/h3-8H,1-2H3,(H,27,31)/t8-/m0/s1. The number of halogens is 7. The molecule has 0 spiro atoms. The number of amides is 1. The molecule has 1 amide bonds. The molecule has 0 saturated heterocycles. The van der Waals surface area contributed by atoms with E-state index in [-0.39, 0.29) is 5.28 Å². The third-order valence-electron chi connectivity index (χ3n) is 4.42. The molecule has 0 aliphatic carbocycles. The molecule has 3 rings (SSSR count). The maximum atomic E-state index is 14.8. The number of carbonyl (C=O) groups is 1. The first kappa shape index (κ1) is 24.2. The van der Waals surface area contributed by atoms with E-state index in [2.05, 4.69) is 5.10 Å². The Balaban J connectivity index is 2.14. The average Bonchev–Trinajstić information content (AvgIpc) is 2.98. The molecule has 0 aliphatic rings. The molecule has 1 heterocycles. The van der Waals surface area contributed by atoms with Crippen molar-refractivity contribution in [1.82, 2.24) is 14.3 Å². The predicted molar refractivity (Wildman–Crippen MR) is 104 cm³/mol.